The van der Waals surface area contributed by atoms with E-state index in [-0.39, 0.29) is 23.0 Å². The summed E-state index contributed by atoms with van der Waals surface area (Å²) in [7, 11) is -5.27. The first-order valence-electron chi connectivity index (χ1n) is 7.86. The van der Waals surface area contributed by atoms with Crippen molar-refractivity contribution in [2.45, 2.75) is 9.79 Å². The summed E-state index contributed by atoms with van der Waals surface area (Å²) in [4.78, 5) is -1.75. The second kappa shape index (κ2) is 7.39. The number of benzene rings is 2. The van der Waals surface area contributed by atoms with Gasteiger partial charge in [-0.3, -0.25) is 9.11 Å². The average Bonchev–Trinajstić information content (AvgIpc) is 2.67. The van der Waals surface area contributed by atoms with Crippen LogP contribution in [0.4, 0.5) is 0 Å². The lowest BCUT2D eigenvalue weighted by molar-refractivity contribution is 0.298. The Morgan fingerprint density at radius 1 is 0.667 bits per heavy atom. The number of fused-ring (bicyclic) bond motifs is 2. The Morgan fingerprint density at radius 2 is 1.03 bits per heavy atom. The average molecular weight is 464 g/mol. The molecule has 1 heterocycles. The number of rotatable bonds is 6. The van der Waals surface area contributed by atoms with Crippen molar-refractivity contribution < 1.29 is 54.4 Å². The number of ether oxygens (including phenoxy) is 6. The Hall–Kier alpha value is -2.94. The molecule has 14 heteroatoms. The highest BCUT2D eigenvalue weighted by Gasteiger charge is 2.39. The molecule has 1 aliphatic heterocycles. The predicted octanol–water partition coefficient (Wildman–Crippen LogP) is 2.11. The van der Waals surface area contributed by atoms with Gasteiger partial charge in [0.2, 0.25) is 0 Å². The Morgan fingerprint density at radius 3 is 1.30 bits per heavy atom. The molecule has 30 heavy (non-hydrogen) atoms. The molecule has 0 aliphatic carbocycles. The van der Waals surface area contributed by atoms with E-state index in [1.54, 1.807) is 0 Å². The van der Waals surface area contributed by atoms with Crippen LogP contribution in [0.25, 0.3) is 0 Å². The van der Waals surface area contributed by atoms with Crippen LogP contribution in [0.2, 0.25) is 0 Å². The summed E-state index contributed by atoms with van der Waals surface area (Å²) in [5.74, 6) is -2.76. The molecule has 164 valence electrons. The topological polar surface area (TPSA) is 164 Å². The normalized spacial score (nSPS) is 12.7. The second-order valence-corrected chi connectivity index (χ2v) is 8.41. The van der Waals surface area contributed by atoms with E-state index >= 15 is 0 Å². The van der Waals surface area contributed by atoms with Gasteiger partial charge in [-0.1, -0.05) is 0 Å². The largest absolute Gasteiger partial charge is 0.493 e. The monoisotopic (exact) mass is 464 g/mol. The van der Waals surface area contributed by atoms with Gasteiger partial charge in [-0.25, -0.2) is 0 Å². The molecule has 0 amide bonds. The molecule has 0 atom stereocenters. The molecule has 12 nitrogen and oxygen atoms in total. The van der Waals surface area contributed by atoms with Crippen molar-refractivity contribution in [1.29, 1.82) is 0 Å². The molecule has 0 radical (unpaired) electrons. The summed E-state index contributed by atoms with van der Waals surface area (Å²) in [5.41, 5.74) is 0. The lowest BCUT2D eigenvalue weighted by Gasteiger charge is -2.26. The van der Waals surface area contributed by atoms with Gasteiger partial charge in [0.1, 0.15) is 0 Å². The van der Waals surface area contributed by atoms with Crippen molar-refractivity contribution in [3.05, 3.63) is 12.1 Å². The minimum absolute atomic E-state index is 0.119. The minimum Gasteiger partial charge on any atom is -0.493 e. The Kier molecular flexibility index (Phi) is 5.36. The van der Waals surface area contributed by atoms with Gasteiger partial charge >= 0.3 is 20.2 Å². The smallest absolute Gasteiger partial charge is 0.302 e. The van der Waals surface area contributed by atoms with Gasteiger partial charge < -0.3 is 28.4 Å². The first-order chi connectivity index (χ1) is 14.0. The second-order valence-electron chi connectivity index (χ2n) is 5.69. The molecular weight excluding hydrogens is 448 g/mol. The highest BCUT2D eigenvalue weighted by Crippen LogP contribution is 2.58. The first-order valence-corrected chi connectivity index (χ1v) is 10.7. The Bertz CT molecular complexity index is 1140. The number of hydrogen-bond donors (Lipinski definition) is 2. The van der Waals surface area contributed by atoms with E-state index in [1.165, 1.54) is 26.4 Å². The summed E-state index contributed by atoms with van der Waals surface area (Å²) < 4.78 is 98.9. The molecule has 2 N–H and O–H groups in total. The van der Waals surface area contributed by atoms with Crippen LogP contribution < -0.4 is 28.4 Å². The molecule has 2 aromatic rings. The van der Waals surface area contributed by atoms with Gasteiger partial charge in [0.05, 0.1) is 28.4 Å². The van der Waals surface area contributed by atoms with Crippen molar-refractivity contribution in [2.75, 3.05) is 28.4 Å². The van der Waals surface area contributed by atoms with E-state index in [2.05, 4.69) is 0 Å². The van der Waals surface area contributed by atoms with Crippen LogP contribution in [0, 0.1) is 0 Å². The Balaban J connectivity index is 2.42. The highest BCUT2D eigenvalue weighted by molar-refractivity contribution is 7.86. The minimum atomic E-state index is -4.98. The molecule has 0 aromatic heterocycles. The van der Waals surface area contributed by atoms with Gasteiger partial charge in [0, 0.05) is 12.1 Å². The summed E-state index contributed by atoms with van der Waals surface area (Å²) in [6, 6.07) is 2.41. The van der Waals surface area contributed by atoms with E-state index < -0.39 is 53.0 Å². The van der Waals surface area contributed by atoms with Gasteiger partial charge in [-0.05, 0) is 0 Å². The van der Waals surface area contributed by atoms with E-state index in [9.17, 15) is 25.9 Å². The standard InChI is InChI=1S/C16H16O12S2/c1-23-7-5-9-13(15(11(7)25-3)29(17,18)19)28-14-10(27-9)6-8(24-2)12(26-4)16(14)30(20,21)22/h5-6H,1-4H3,(H,17,18,19)(H,20,21,22). The van der Waals surface area contributed by atoms with Crippen LogP contribution in [0.5, 0.6) is 46.0 Å². The van der Waals surface area contributed by atoms with Crippen LogP contribution >= 0.6 is 0 Å². The van der Waals surface area contributed by atoms with Crippen molar-refractivity contribution in [2.24, 2.45) is 0 Å². The molecule has 0 spiro atoms. The molecule has 0 fully saturated rings. The Labute approximate surface area is 171 Å². The molecular formula is C16H16O12S2. The molecule has 0 bridgehead atoms. The maximum atomic E-state index is 12.0. The third-order valence-electron chi connectivity index (χ3n) is 4.03. The number of hydrogen-bond acceptors (Lipinski definition) is 10. The zero-order valence-electron chi connectivity index (χ0n) is 15.9. The molecule has 2 aromatic carbocycles. The fourth-order valence-corrected chi connectivity index (χ4v) is 4.47. The first kappa shape index (κ1) is 21.8. The van der Waals surface area contributed by atoms with Gasteiger partial charge in [0.25, 0.3) is 0 Å². The maximum Gasteiger partial charge on any atom is 0.302 e. The molecule has 0 saturated heterocycles. The van der Waals surface area contributed by atoms with E-state index in [0.717, 1.165) is 14.2 Å². The van der Waals surface area contributed by atoms with E-state index in [1.807, 2.05) is 0 Å². The van der Waals surface area contributed by atoms with Gasteiger partial charge in [0.15, 0.2) is 55.8 Å². The summed E-state index contributed by atoms with van der Waals surface area (Å²) >= 11 is 0. The van der Waals surface area contributed by atoms with E-state index in [4.69, 9.17) is 28.4 Å². The van der Waals surface area contributed by atoms with Crippen LogP contribution in [-0.2, 0) is 20.2 Å². The zero-order chi connectivity index (χ0) is 22.4. The SMILES string of the molecule is COc1cc2c(c(S(=O)(=O)O)c1OC)Oc1c(cc(OC)c(OC)c1S(=O)(=O)O)O2. The maximum absolute atomic E-state index is 12.0. The third-order valence-corrected chi connectivity index (χ3v) is 5.81. The van der Waals surface area contributed by atoms with Gasteiger partial charge in [-0.2, -0.15) is 16.8 Å². The van der Waals surface area contributed by atoms with Crippen LogP contribution in [0.3, 0.4) is 0 Å². The van der Waals surface area contributed by atoms with Crippen molar-refractivity contribution in [3.8, 4) is 46.0 Å². The van der Waals surface area contributed by atoms with E-state index in [0.29, 0.717) is 0 Å². The summed E-state index contributed by atoms with van der Waals surface area (Å²) in [6.45, 7) is 0. The molecule has 0 saturated carbocycles. The summed E-state index contributed by atoms with van der Waals surface area (Å²) in [6.07, 6.45) is 0. The van der Waals surface area contributed by atoms with Gasteiger partial charge in [-0.15, -0.1) is 0 Å². The summed E-state index contributed by atoms with van der Waals surface area (Å²) in [5, 5.41) is 0. The lowest BCUT2D eigenvalue weighted by Crippen LogP contribution is -2.13. The third kappa shape index (κ3) is 3.43. The lowest BCUT2D eigenvalue weighted by atomic mass is 10.2. The molecule has 0 unspecified atom stereocenters. The van der Waals surface area contributed by atoms with Crippen molar-refractivity contribution in [3.63, 3.8) is 0 Å². The quantitative estimate of drug-likeness (QED) is 0.511. The van der Waals surface area contributed by atoms with Crippen molar-refractivity contribution >= 4 is 20.2 Å². The fourth-order valence-electron chi connectivity index (χ4n) is 2.88. The van der Waals surface area contributed by atoms with Crippen LogP contribution in [0.1, 0.15) is 0 Å². The molecule has 1 aliphatic rings. The zero-order valence-corrected chi connectivity index (χ0v) is 17.6. The fraction of sp³-hybridized carbons (Fsp3) is 0.250. The van der Waals surface area contributed by atoms with Crippen LogP contribution in [-0.4, -0.2) is 54.4 Å². The predicted molar refractivity (Wildman–Crippen MR) is 98.9 cm³/mol. The number of methoxy groups -OCH3 is 4. The van der Waals surface area contributed by atoms with Crippen molar-refractivity contribution in [1.82, 2.24) is 0 Å². The highest BCUT2D eigenvalue weighted by atomic mass is 32.2. The van der Waals surface area contributed by atoms with Crippen LogP contribution in [0.15, 0.2) is 21.9 Å². The molecule has 3 rings (SSSR count).